The Morgan fingerprint density at radius 3 is 2.74 bits per heavy atom. The van der Waals surface area contributed by atoms with Gasteiger partial charge in [0.2, 0.25) is 11.8 Å². The Bertz CT molecular complexity index is 1010. The van der Waals surface area contributed by atoms with Gasteiger partial charge in [-0.1, -0.05) is 5.16 Å². The number of thiophene rings is 1. The molecule has 4 heterocycles. The highest BCUT2D eigenvalue weighted by atomic mass is 32.2. The monoisotopic (exact) mass is 410 g/mol. The van der Waals surface area contributed by atoms with Crippen molar-refractivity contribution < 1.29 is 22.5 Å². The first-order chi connectivity index (χ1) is 12.8. The average molecular weight is 410 g/mol. The van der Waals surface area contributed by atoms with Gasteiger partial charge in [0.15, 0.2) is 0 Å². The standard InChI is InChI=1S/C16H18N4O5S2/c1-9-15(10(2)25-18-9)12-3-4-14(26-12)27(23,24)19-5-6-20-11(8-19)16(22)17-7-13(20)21/h3-4,11H,5-8H2,1-2H3,(H,17,22). The lowest BCUT2D eigenvalue weighted by Gasteiger charge is -2.42. The predicted molar refractivity (Wildman–Crippen MR) is 96.6 cm³/mol. The van der Waals surface area contributed by atoms with Gasteiger partial charge in [-0.15, -0.1) is 11.3 Å². The Labute approximate surface area is 160 Å². The van der Waals surface area contributed by atoms with E-state index in [2.05, 4.69) is 10.5 Å². The van der Waals surface area contributed by atoms with Gasteiger partial charge in [-0.2, -0.15) is 4.31 Å². The lowest BCUT2D eigenvalue weighted by Crippen LogP contribution is -2.66. The molecule has 27 heavy (non-hydrogen) atoms. The van der Waals surface area contributed by atoms with E-state index in [1.54, 1.807) is 26.0 Å². The van der Waals surface area contributed by atoms with Crippen LogP contribution in [0.4, 0.5) is 0 Å². The maximum Gasteiger partial charge on any atom is 0.252 e. The van der Waals surface area contributed by atoms with Crippen LogP contribution in [0.2, 0.25) is 0 Å². The molecule has 2 amide bonds. The molecule has 1 unspecified atom stereocenters. The molecule has 0 radical (unpaired) electrons. The van der Waals surface area contributed by atoms with Gasteiger partial charge in [-0.25, -0.2) is 8.42 Å². The number of nitrogens with zero attached hydrogens (tertiary/aromatic N) is 3. The number of carbonyl (C=O) groups is 2. The molecular weight excluding hydrogens is 392 g/mol. The van der Waals surface area contributed by atoms with Crippen LogP contribution < -0.4 is 5.32 Å². The number of hydrogen-bond acceptors (Lipinski definition) is 7. The lowest BCUT2D eigenvalue weighted by molar-refractivity contribution is -0.147. The van der Waals surface area contributed by atoms with Gasteiger partial charge >= 0.3 is 0 Å². The number of fused-ring (bicyclic) bond motifs is 1. The van der Waals surface area contributed by atoms with Gasteiger partial charge in [0.05, 0.1) is 17.8 Å². The van der Waals surface area contributed by atoms with Crippen molar-refractivity contribution in [2.75, 3.05) is 26.2 Å². The van der Waals surface area contributed by atoms with Gasteiger partial charge in [0.1, 0.15) is 16.0 Å². The molecule has 0 aromatic carbocycles. The van der Waals surface area contributed by atoms with E-state index in [9.17, 15) is 18.0 Å². The highest BCUT2D eigenvalue weighted by molar-refractivity contribution is 7.91. The zero-order valence-electron chi connectivity index (χ0n) is 14.8. The van der Waals surface area contributed by atoms with E-state index in [-0.39, 0.29) is 42.2 Å². The topological polar surface area (TPSA) is 113 Å². The van der Waals surface area contributed by atoms with Gasteiger partial charge in [-0.05, 0) is 26.0 Å². The van der Waals surface area contributed by atoms with Crippen molar-refractivity contribution in [2.45, 2.75) is 24.1 Å². The van der Waals surface area contributed by atoms with E-state index in [4.69, 9.17) is 4.52 Å². The fraction of sp³-hybridized carbons (Fsp3) is 0.438. The van der Waals surface area contributed by atoms with Crippen molar-refractivity contribution in [3.05, 3.63) is 23.6 Å². The Morgan fingerprint density at radius 1 is 1.26 bits per heavy atom. The van der Waals surface area contributed by atoms with E-state index >= 15 is 0 Å². The number of aryl methyl sites for hydroxylation is 2. The second-order valence-electron chi connectivity index (χ2n) is 6.50. The van der Waals surface area contributed by atoms with Crippen LogP contribution in [0.3, 0.4) is 0 Å². The van der Waals surface area contributed by atoms with E-state index in [0.717, 1.165) is 21.8 Å². The molecule has 0 saturated carbocycles. The van der Waals surface area contributed by atoms with Crippen LogP contribution in [0, 0.1) is 13.8 Å². The van der Waals surface area contributed by atoms with E-state index in [0.29, 0.717) is 11.5 Å². The third-order valence-corrected chi connectivity index (χ3v) is 8.27. The number of aromatic nitrogens is 1. The third kappa shape index (κ3) is 2.95. The van der Waals surface area contributed by atoms with Crippen LogP contribution in [-0.2, 0) is 19.6 Å². The van der Waals surface area contributed by atoms with Crippen molar-refractivity contribution in [1.29, 1.82) is 0 Å². The molecule has 2 fully saturated rings. The Balaban J connectivity index is 1.61. The highest BCUT2D eigenvalue weighted by Gasteiger charge is 2.42. The minimum absolute atomic E-state index is 0.0339. The predicted octanol–water partition coefficient (Wildman–Crippen LogP) is 0.351. The average Bonchev–Trinajstić information content (AvgIpc) is 3.25. The van der Waals surface area contributed by atoms with Crippen LogP contribution in [0.15, 0.2) is 20.9 Å². The fourth-order valence-electron chi connectivity index (χ4n) is 3.44. The molecule has 9 nitrogen and oxygen atoms in total. The normalized spacial score (nSPS) is 21.3. The summed E-state index contributed by atoms with van der Waals surface area (Å²) in [6, 6.07) is 2.51. The molecule has 1 atom stereocenters. The van der Waals surface area contributed by atoms with Crippen molar-refractivity contribution in [3.63, 3.8) is 0 Å². The Kier molecular flexibility index (Phi) is 4.32. The number of sulfonamides is 1. The van der Waals surface area contributed by atoms with E-state index in [1.165, 1.54) is 9.21 Å². The van der Waals surface area contributed by atoms with Gasteiger partial charge in [-0.3, -0.25) is 9.59 Å². The van der Waals surface area contributed by atoms with Gasteiger partial charge in [0.25, 0.3) is 10.0 Å². The number of rotatable bonds is 3. The number of piperazine rings is 2. The van der Waals surface area contributed by atoms with Crippen molar-refractivity contribution in [1.82, 2.24) is 19.7 Å². The van der Waals surface area contributed by atoms with Gasteiger partial charge in [0, 0.05) is 24.5 Å². The minimum atomic E-state index is -3.77. The van der Waals surface area contributed by atoms with E-state index in [1.807, 2.05) is 0 Å². The smallest absolute Gasteiger partial charge is 0.252 e. The molecule has 2 aliphatic rings. The first kappa shape index (κ1) is 18.1. The molecule has 1 N–H and O–H groups in total. The number of hydrogen-bond donors (Lipinski definition) is 1. The van der Waals surface area contributed by atoms with Crippen molar-refractivity contribution in [2.24, 2.45) is 0 Å². The molecule has 11 heteroatoms. The summed E-state index contributed by atoms with van der Waals surface area (Å²) in [7, 11) is -3.77. The number of amides is 2. The molecular formula is C16H18N4O5S2. The second-order valence-corrected chi connectivity index (χ2v) is 9.75. The van der Waals surface area contributed by atoms with Crippen LogP contribution in [0.5, 0.6) is 0 Å². The molecule has 2 aromatic rings. The maximum absolute atomic E-state index is 13.1. The third-order valence-electron chi connectivity index (χ3n) is 4.84. The minimum Gasteiger partial charge on any atom is -0.361 e. The molecule has 0 spiro atoms. The zero-order valence-corrected chi connectivity index (χ0v) is 16.4. The van der Waals surface area contributed by atoms with Crippen molar-refractivity contribution >= 4 is 33.2 Å². The Hall–Kier alpha value is -2.24. The summed E-state index contributed by atoms with van der Waals surface area (Å²) in [6.07, 6.45) is 0. The summed E-state index contributed by atoms with van der Waals surface area (Å²) < 4.78 is 32.7. The maximum atomic E-state index is 13.1. The molecule has 2 aliphatic heterocycles. The second kappa shape index (κ2) is 6.43. The molecule has 0 bridgehead atoms. The number of carbonyl (C=O) groups excluding carboxylic acids is 2. The van der Waals surface area contributed by atoms with Crippen LogP contribution in [-0.4, -0.2) is 66.8 Å². The molecule has 0 aliphatic carbocycles. The molecule has 2 saturated heterocycles. The summed E-state index contributed by atoms with van der Waals surface area (Å²) >= 11 is 1.14. The molecule has 2 aromatic heterocycles. The molecule has 4 rings (SSSR count). The summed E-state index contributed by atoms with van der Waals surface area (Å²) in [5.74, 6) is 0.120. The largest absolute Gasteiger partial charge is 0.361 e. The van der Waals surface area contributed by atoms with Crippen LogP contribution >= 0.6 is 11.3 Å². The summed E-state index contributed by atoms with van der Waals surface area (Å²) in [6.45, 7) is 3.87. The molecule has 144 valence electrons. The summed E-state index contributed by atoms with van der Waals surface area (Å²) in [5.41, 5.74) is 1.49. The van der Waals surface area contributed by atoms with Crippen molar-refractivity contribution in [3.8, 4) is 10.4 Å². The summed E-state index contributed by atoms with van der Waals surface area (Å²) in [4.78, 5) is 26.2. The SMILES string of the molecule is Cc1noc(C)c1-c1ccc(S(=O)(=O)N2CCN3C(=O)CNC(=O)C3C2)s1. The quantitative estimate of drug-likeness (QED) is 0.781. The first-order valence-electron chi connectivity index (χ1n) is 8.39. The fourth-order valence-corrected chi connectivity index (χ4v) is 6.48. The van der Waals surface area contributed by atoms with Gasteiger partial charge < -0.3 is 14.7 Å². The number of nitrogens with one attached hydrogen (secondary N) is 1. The van der Waals surface area contributed by atoms with Crippen LogP contribution in [0.25, 0.3) is 10.4 Å². The highest BCUT2D eigenvalue weighted by Crippen LogP contribution is 2.36. The first-order valence-corrected chi connectivity index (χ1v) is 10.6. The summed E-state index contributed by atoms with van der Waals surface area (Å²) in [5, 5.41) is 6.42. The lowest BCUT2D eigenvalue weighted by atomic mass is 10.1. The zero-order chi connectivity index (χ0) is 19.3. The van der Waals surface area contributed by atoms with Crippen LogP contribution in [0.1, 0.15) is 11.5 Å². The Morgan fingerprint density at radius 2 is 2.04 bits per heavy atom. The van der Waals surface area contributed by atoms with E-state index < -0.39 is 16.1 Å².